The first kappa shape index (κ1) is 16.7. The number of ether oxygens (including phenoxy) is 1. The normalized spacial score (nSPS) is 22.8. The van der Waals surface area contributed by atoms with Crippen molar-refractivity contribution in [2.24, 2.45) is 0 Å². The summed E-state index contributed by atoms with van der Waals surface area (Å²) < 4.78 is 5.51. The maximum Gasteiger partial charge on any atom is 0.321 e. The van der Waals surface area contributed by atoms with Gasteiger partial charge in [0.1, 0.15) is 6.04 Å². The lowest BCUT2D eigenvalue weighted by Crippen LogP contribution is -2.53. The van der Waals surface area contributed by atoms with Gasteiger partial charge >= 0.3 is 6.03 Å². The van der Waals surface area contributed by atoms with Gasteiger partial charge in [0.05, 0.1) is 18.4 Å². The second-order valence-electron chi connectivity index (χ2n) is 6.08. The third kappa shape index (κ3) is 3.37. The number of carbonyl (C=O) groups is 2. The van der Waals surface area contributed by atoms with E-state index in [4.69, 9.17) is 4.74 Å². The summed E-state index contributed by atoms with van der Waals surface area (Å²) in [5.41, 5.74) is 2.67. The van der Waals surface area contributed by atoms with Crippen molar-refractivity contribution in [2.75, 3.05) is 36.5 Å². The van der Waals surface area contributed by atoms with E-state index in [1.165, 1.54) is 0 Å². The van der Waals surface area contributed by atoms with Crippen LogP contribution in [0.25, 0.3) is 0 Å². The van der Waals surface area contributed by atoms with Gasteiger partial charge in [0.25, 0.3) is 0 Å². The number of hydrogen-bond acceptors (Lipinski definition) is 4. The Morgan fingerprint density at radius 1 is 1.42 bits per heavy atom. The van der Waals surface area contributed by atoms with Crippen LogP contribution in [-0.2, 0) is 16.0 Å². The molecule has 1 aromatic carbocycles. The molecule has 1 aromatic rings. The Hall–Kier alpha value is -2.12. The number of urea groups is 1. The molecule has 2 aliphatic rings. The number of morpholine rings is 1. The fraction of sp³-hybridized carbons (Fsp3) is 0.529. The molecule has 0 saturated carbocycles. The largest absolute Gasteiger partial charge is 0.375 e. The minimum Gasteiger partial charge on any atom is -0.375 e. The number of nitrogens with one attached hydrogen (secondary N) is 3. The predicted octanol–water partition coefficient (Wildman–Crippen LogP) is 1.09. The van der Waals surface area contributed by atoms with Crippen LogP contribution < -0.4 is 20.9 Å². The van der Waals surface area contributed by atoms with Crippen molar-refractivity contribution in [2.45, 2.75) is 32.4 Å². The number of rotatable bonds is 3. The summed E-state index contributed by atoms with van der Waals surface area (Å²) >= 11 is 0. The lowest BCUT2D eigenvalue weighted by molar-refractivity contribution is -0.123. The molecule has 7 nitrogen and oxygen atoms in total. The van der Waals surface area contributed by atoms with Gasteiger partial charge in [-0.2, -0.15) is 0 Å². The van der Waals surface area contributed by atoms with Crippen LogP contribution in [0.3, 0.4) is 0 Å². The van der Waals surface area contributed by atoms with Crippen molar-refractivity contribution in [1.29, 1.82) is 0 Å². The summed E-state index contributed by atoms with van der Waals surface area (Å²) in [7, 11) is 0. The molecular weight excluding hydrogens is 308 g/mol. The summed E-state index contributed by atoms with van der Waals surface area (Å²) in [4.78, 5) is 26.3. The maximum atomic E-state index is 12.4. The molecule has 2 heterocycles. The van der Waals surface area contributed by atoms with Gasteiger partial charge in [-0.05, 0) is 38.0 Å². The number of fused-ring (bicyclic) bond motifs is 1. The van der Waals surface area contributed by atoms with E-state index in [0.29, 0.717) is 31.9 Å². The average Bonchev–Trinajstić information content (AvgIpc) is 2.98. The molecule has 0 spiro atoms. The Morgan fingerprint density at radius 2 is 2.25 bits per heavy atom. The first-order chi connectivity index (χ1) is 11.6. The molecule has 2 aliphatic heterocycles. The first-order valence-corrected chi connectivity index (χ1v) is 8.44. The van der Waals surface area contributed by atoms with E-state index in [1.54, 1.807) is 4.90 Å². The summed E-state index contributed by atoms with van der Waals surface area (Å²) in [6.45, 7) is 6.31. The van der Waals surface area contributed by atoms with E-state index in [9.17, 15) is 9.59 Å². The molecule has 0 unspecified atom stereocenters. The molecule has 7 heteroatoms. The zero-order valence-corrected chi connectivity index (χ0v) is 14.1. The lowest BCUT2D eigenvalue weighted by atomic mass is 10.1. The SMILES string of the molecule is CCNC(=O)N1CCc2ccc(NC(=O)[C@H]3NCCO[C@@H]3C)cc21. The fourth-order valence-corrected chi connectivity index (χ4v) is 3.16. The third-order valence-corrected chi connectivity index (χ3v) is 4.42. The highest BCUT2D eigenvalue weighted by Gasteiger charge is 2.29. The monoisotopic (exact) mass is 332 g/mol. The van der Waals surface area contributed by atoms with Crippen LogP contribution in [0.4, 0.5) is 16.2 Å². The lowest BCUT2D eigenvalue weighted by Gasteiger charge is -2.29. The fourth-order valence-electron chi connectivity index (χ4n) is 3.16. The molecule has 0 aromatic heterocycles. The second-order valence-corrected chi connectivity index (χ2v) is 6.08. The number of amides is 3. The van der Waals surface area contributed by atoms with Gasteiger partial charge in [0.2, 0.25) is 5.91 Å². The molecule has 130 valence electrons. The molecule has 0 radical (unpaired) electrons. The van der Waals surface area contributed by atoms with Crippen molar-refractivity contribution in [3.8, 4) is 0 Å². The van der Waals surface area contributed by atoms with E-state index < -0.39 is 0 Å². The van der Waals surface area contributed by atoms with E-state index >= 15 is 0 Å². The highest BCUT2D eigenvalue weighted by atomic mass is 16.5. The van der Waals surface area contributed by atoms with Crippen molar-refractivity contribution < 1.29 is 14.3 Å². The van der Waals surface area contributed by atoms with Gasteiger partial charge in [-0.3, -0.25) is 9.69 Å². The van der Waals surface area contributed by atoms with Gasteiger partial charge in [-0.1, -0.05) is 6.07 Å². The number of nitrogens with zero attached hydrogens (tertiary/aromatic N) is 1. The molecule has 3 N–H and O–H groups in total. The summed E-state index contributed by atoms with van der Waals surface area (Å²) in [6.07, 6.45) is 0.662. The maximum absolute atomic E-state index is 12.4. The van der Waals surface area contributed by atoms with Gasteiger partial charge in [0, 0.05) is 25.3 Å². The molecule has 3 rings (SSSR count). The van der Waals surface area contributed by atoms with Gasteiger partial charge < -0.3 is 20.7 Å². The van der Waals surface area contributed by atoms with Gasteiger partial charge in [-0.15, -0.1) is 0 Å². The van der Waals surface area contributed by atoms with Gasteiger partial charge in [0.15, 0.2) is 0 Å². The average molecular weight is 332 g/mol. The topological polar surface area (TPSA) is 82.7 Å². The molecule has 3 amide bonds. The summed E-state index contributed by atoms with van der Waals surface area (Å²) in [6, 6.07) is 5.25. The van der Waals surface area contributed by atoms with E-state index in [2.05, 4.69) is 16.0 Å². The molecule has 2 atom stereocenters. The smallest absolute Gasteiger partial charge is 0.321 e. The Labute approximate surface area is 141 Å². The Balaban J connectivity index is 1.73. The predicted molar refractivity (Wildman–Crippen MR) is 92.4 cm³/mol. The summed E-state index contributed by atoms with van der Waals surface area (Å²) in [5.74, 6) is -0.121. The highest BCUT2D eigenvalue weighted by Crippen LogP contribution is 2.31. The van der Waals surface area contributed by atoms with Crippen molar-refractivity contribution in [3.05, 3.63) is 23.8 Å². The van der Waals surface area contributed by atoms with Crippen LogP contribution in [0.1, 0.15) is 19.4 Å². The molecule has 0 bridgehead atoms. The van der Waals surface area contributed by atoms with Crippen LogP contribution in [0.15, 0.2) is 18.2 Å². The number of hydrogen-bond donors (Lipinski definition) is 3. The highest BCUT2D eigenvalue weighted by molar-refractivity contribution is 5.98. The van der Waals surface area contributed by atoms with Crippen LogP contribution in [0.2, 0.25) is 0 Å². The van der Waals surface area contributed by atoms with E-state index in [0.717, 1.165) is 17.7 Å². The third-order valence-electron chi connectivity index (χ3n) is 4.42. The van der Waals surface area contributed by atoms with Crippen molar-refractivity contribution in [1.82, 2.24) is 10.6 Å². The van der Waals surface area contributed by atoms with Crippen molar-refractivity contribution in [3.63, 3.8) is 0 Å². The Bertz CT molecular complexity index is 634. The number of anilines is 2. The molecular formula is C17H24N4O3. The molecule has 1 saturated heterocycles. The zero-order valence-electron chi connectivity index (χ0n) is 14.1. The quantitative estimate of drug-likeness (QED) is 0.774. The van der Waals surface area contributed by atoms with Crippen molar-refractivity contribution >= 4 is 23.3 Å². The number of carbonyl (C=O) groups excluding carboxylic acids is 2. The van der Waals surface area contributed by atoms with Gasteiger partial charge in [-0.25, -0.2) is 4.79 Å². The van der Waals surface area contributed by atoms with Crippen LogP contribution >= 0.6 is 0 Å². The minimum absolute atomic E-state index is 0.101. The Morgan fingerprint density at radius 3 is 3.00 bits per heavy atom. The van der Waals surface area contributed by atoms with E-state index in [-0.39, 0.29) is 24.1 Å². The van der Waals surface area contributed by atoms with Crippen LogP contribution in [0, 0.1) is 0 Å². The second kappa shape index (κ2) is 7.19. The molecule has 0 aliphatic carbocycles. The number of benzene rings is 1. The standard InChI is InChI=1S/C17H24N4O3/c1-3-18-17(23)21-8-6-12-4-5-13(10-14(12)21)20-16(22)15-11(2)24-9-7-19-15/h4-5,10-11,15,19H,3,6-9H2,1-2H3,(H,18,23)(H,20,22)/t11-,15+/m1/s1. The van der Waals surface area contributed by atoms with Crippen LogP contribution in [0.5, 0.6) is 0 Å². The zero-order chi connectivity index (χ0) is 17.1. The summed E-state index contributed by atoms with van der Waals surface area (Å²) in [5, 5.41) is 8.92. The van der Waals surface area contributed by atoms with E-state index in [1.807, 2.05) is 32.0 Å². The Kier molecular flexibility index (Phi) is 5.01. The first-order valence-electron chi connectivity index (χ1n) is 8.44. The molecule has 24 heavy (non-hydrogen) atoms. The minimum atomic E-state index is -0.369. The van der Waals surface area contributed by atoms with Crippen LogP contribution in [-0.4, -0.2) is 50.3 Å². The molecule has 1 fully saturated rings.